The molecule has 1 N–H and O–H groups in total. The average molecular weight is 307 g/mol. The largest absolute Gasteiger partial charge is 0.367 e. The van der Waals surface area contributed by atoms with Crippen molar-refractivity contribution in [2.45, 2.75) is 6.92 Å². The van der Waals surface area contributed by atoms with Gasteiger partial charge in [-0.2, -0.15) is 0 Å². The van der Waals surface area contributed by atoms with Crippen molar-refractivity contribution >= 4 is 23.2 Å². The smallest absolute Gasteiger partial charge is 0.194 e. The van der Waals surface area contributed by atoms with Gasteiger partial charge in [-0.15, -0.1) is 6.58 Å². The summed E-state index contributed by atoms with van der Waals surface area (Å²) >= 11 is 6.27. The lowest BCUT2D eigenvalue weighted by Crippen LogP contribution is -2.52. The number of para-hydroxylation sites is 1. The molecule has 0 aliphatic carbocycles. The molecule has 1 aliphatic rings. The van der Waals surface area contributed by atoms with Crippen LogP contribution < -0.4 is 10.2 Å². The molecular formula is C16H23ClN4. The number of anilines is 1. The van der Waals surface area contributed by atoms with E-state index < -0.39 is 0 Å². The van der Waals surface area contributed by atoms with Crippen LogP contribution >= 0.6 is 11.6 Å². The van der Waals surface area contributed by atoms with Gasteiger partial charge in [0, 0.05) is 32.7 Å². The quantitative estimate of drug-likeness (QED) is 0.527. The summed E-state index contributed by atoms with van der Waals surface area (Å²) in [4.78, 5) is 9.16. The highest BCUT2D eigenvalue weighted by molar-refractivity contribution is 6.33. The molecule has 1 saturated heterocycles. The average Bonchev–Trinajstić information content (AvgIpc) is 2.52. The molecule has 0 saturated carbocycles. The highest BCUT2D eigenvalue weighted by Crippen LogP contribution is 2.25. The van der Waals surface area contributed by atoms with E-state index in [9.17, 15) is 0 Å². The minimum absolute atomic E-state index is 0.646. The Hall–Kier alpha value is -1.68. The first-order valence-electron chi connectivity index (χ1n) is 7.40. The van der Waals surface area contributed by atoms with E-state index in [1.807, 2.05) is 24.3 Å². The molecular weight excluding hydrogens is 284 g/mol. The van der Waals surface area contributed by atoms with Crippen molar-refractivity contribution in [3.63, 3.8) is 0 Å². The van der Waals surface area contributed by atoms with E-state index in [1.165, 1.54) is 0 Å². The van der Waals surface area contributed by atoms with E-state index in [1.54, 1.807) is 0 Å². The number of halogens is 1. The van der Waals surface area contributed by atoms with Gasteiger partial charge >= 0.3 is 0 Å². The van der Waals surface area contributed by atoms with E-state index in [0.29, 0.717) is 6.54 Å². The lowest BCUT2D eigenvalue weighted by molar-refractivity contribution is 0.373. The van der Waals surface area contributed by atoms with Crippen LogP contribution in [0.25, 0.3) is 0 Å². The van der Waals surface area contributed by atoms with Gasteiger partial charge in [-0.25, -0.2) is 4.99 Å². The van der Waals surface area contributed by atoms with Gasteiger partial charge in [0.2, 0.25) is 0 Å². The van der Waals surface area contributed by atoms with Crippen LogP contribution in [-0.2, 0) is 0 Å². The van der Waals surface area contributed by atoms with Crippen LogP contribution in [0.3, 0.4) is 0 Å². The molecule has 0 bridgehead atoms. The van der Waals surface area contributed by atoms with Crippen molar-refractivity contribution in [1.29, 1.82) is 0 Å². The van der Waals surface area contributed by atoms with Crippen molar-refractivity contribution in [2.75, 3.05) is 44.2 Å². The third kappa shape index (κ3) is 4.14. The molecule has 114 valence electrons. The number of benzene rings is 1. The van der Waals surface area contributed by atoms with Gasteiger partial charge in [0.1, 0.15) is 0 Å². The number of nitrogens with zero attached hydrogens (tertiary/aromatic N) is 3. The van der Waals surface area contributed by atoms with Gasteiger partial charge in [0.15, 0.2) is 5.96 Å². The minimum atomic E-state index is 0.646. The molecule has 5 heteroatoms. The van der Waals surface area contributed by atoms with Crippen molar-refractivity contribution in [3.05, 3.63) is 41.9 Å². The highest BCUT2D eigenvalue weighted by atomic mass is 35.5. The van der Waals surface area contributed by atoms with Crippen molar-refractivity contribution < 1.29 is 0 Å². The van der Waals surface area contributed by atoms with Gasteiger partial charge in [0.25, 0.3) is 0 Å². The zero-order valence-electron chi connectivity index (χ0n) is 12.6. The third-order valence-electron chi connectivity index (χ3n) is 3.48. The predicted octanol–water partition coefficient (Wildman–Crippen LogP) is 2.61. The molecule has 0 aromatic heterocycles. The third-order valence-corrected chi connectivity index (χ3v) is 3.80. The van der Waals surface area contributed by atoms with E-state index in [0.717, 1.165) is 49.4 Å². The lowest BCUT2D eigenvalue weighted by atomic mass is 10.2. The molecule has 0 atom stereocenters. The Bertz CT molecular complexity index is 493. The molecule has 4 nitrogen and oxygen atoms in total. The topological polar surface area (TPSA) is 30.9 Å². The summed E-state index contributed by atoms with van der Waals surface area (Å²) in [5.74, 6) is 0.969. The number of guanidine groups is 1. The molecule has 0 amide bonds. The van der Waals surface area contributed by atoms with Crippen molar-refractivity contribution in [2.24, 2.45) is 4.99 Å². The second-order valence-electron chi connectivity index (χ2n) is 4.91. The Morgan fingerprint density at radius 2 is 2.05 bits per heavy atom. The summed E-state index contributed by atoms with van der Waals surface area (Å²) in [7, 11) is 0. The molecule has 1 aromatic rings. The molecule has 0 radical (unpaired) electrons. The van der Waals surface area contributed by atoms with E-state index in [2.05, 4.69) is 39.7 Å². The van der Waals surface area contributed by atoms with Crippen LogP contribution in [0.1, 0.15) is 6.92 Å². The molecule has 1 fully saturated rings. The molecule has 0 unspecified atom stereocenters. The lowest BCUT2D eigenvalue weighted by Gasteiger charge is -2.38. The number of hydrogen-bond acceptors (Lipinski definition) is 2. The van der Waals surface area contributed by atoms with E-state index in [4.69, 9.17) is 11.6 Å². The maximum Gasteiger partial charge on any atom is 0.194 e. The zero-order valence-corrected chi connectivity index (χ0v) is 13.3. The maximum absolute atomic E-state index is 6.27. The fraction of sp³-hybridized carbons (Fsp3) is 0.438. The Labute approximate surface area is 132 Å². The summed E-state index contributed by atoms with van der Waals surface area (Å²) in [6.45, 7) is 11.1. The second kappa shape index (κ2) is 7.93. The summed E-state index contributed by atoms with van der Waals surface area (Å²) in [5.41, 5.74) is 1.12. The number of piperazine rings is 1. The number of aliphatic imine (C=N–C) groups is 1. The summed E-state index contributed by atoms with van der Waals surface area (Å²) in [6.07, 6.45) is 1.82. The molecule has 2 rings (SSSR count). The van der Waals surface area contributed by atoms with Gasteiger partial charge in [-0.3, -0.25) is 0 Å². The first-order valence-corrected chi connectivity index (χ1v) is 7.77. The monoisotopic (exact) mass is 306 g/mol. The summed E-state index contributed by atoms with van der Waals surface area (Å²) < 4.78 is 0. The Balaban J connectivity index is 1.99. The molecule has 21 heavy (non-hydrogen) atoms. The fourth-order valence-electron chi connectivity index (χ4n) is 2.44. The van der Waals surface area contributed by atoms with Crippen LogP contribution in [0, 0.1) is 0 Å². The predicted molar refractivity (Wildman–Crippen MR) is 91.4 cm³/mol. The van der Waals surface area contributed by atoms with Gasteiger partial charge in [0.05, 0.1) is 17.3 Å². The Kier molecular flexibility index (Phi) is 5.93. The van der Waals surface area contributed by atoms with Crippen LogP contribution in [-0.4, -0.2) is 50.1 Å². The Morgan fingerprint density at radius 3 is 2.67 bits per heavy atom. The molecule has 1 aromatic carbocycles. The minimum Gasteiger partial charge on any atom is -0.367 e. The number of hydrogen-bond donors (Lipinski definition) is 1. The SMILES string of the molecule is C=CCN=C(NCC)N1CCN(c2ccccc2Cl)CC1. The maximum atomic E-state index is 6.27. The first kappa shape index (κ1) is 15.7. The fourth-order valence-corrected chi connectivity index (χ4v) is 2.70. The molecule has 1 aliphatic heterocycles. The van der Waals surface area contributed by atoms with Crippen LogP contribution in [0.4, 0.5) is 5.69 Å². The standard InChI is InChI=1S/C16H23ClN4/c1-3-9-19-16(18-4-2)21-12-10-20(11-13-21)15-8-6-5-7-14(15)17/h3,5-8H,1,4,9-13H2,2H3,(H,18,19). The van der Waals surface area contributed by atoms with Gasteiger partial charge in [-0.05, 0) is 19.1 Å². The number of nitrogens with one attached hydrogen (secondary N) is 1. The Morgan fingerprint density at radius 1 is 1.33 bits per heavy atom. The van der Waals surface area contributed by atoms with E-state index in [-0.39, 0.29) is 0 Å². The highest BCUT2D eigenvalue weighted by Gasteiger charge is 2.20. The van der Waals surface area contributed by atoms with Gasteiger partial charge in [-0.1, -0.05) is 29.8 Å². The van der Waals surface area contributed by atoms with E-state index >= 15 is 0 Å². The normalized spacial score (nSPS) is 16.0. The second-order valence-corrected chi connectivity index (χ2v) is 5.32. The van der Waals surface area contributed by atoms with Crippen molar-refractivity contribution in [1.82, 2.24) is 10.2 Å². The zero-order chi connectivity index (χ0) is 15.1. The summed E-state index contributed by atoms with van der Waals surface area (Å²) in [5, 5.41) is 4.15. The number of rotatable bonds is 4. The molecule has 1 heterocycles. The van der Waals surface area contributed by atoms with Gasteiger partial charge < -0.3 is 15.1 Å². The molecule has 0 spiro atoms. The first-order chi connectivity index (χ1) is 10.3. The van der Waals surface area contributed by atoms with Crippen LogP contribution in [0.5, 0.6) is 0 Å². The van der Waals surface area contributed by atoms with Crippen LogP contribution in [0.15, 0.2) is 41.9 Å². The van der Waals surface area contributed by atoms with Crippen molar-refractivity contribution in [3.8, 4) is 0 Å². The summed E-state index contributed by atoms with van der Waals surface area (Å²) in [6, 6.07) is 8.02. The van der Waals surface area contributed by atoms with Crippen LogP contribution in [0.2, 0.25) is 5.02 Å².